The number of aliphatic hydroxyl groups is 1. The average Bonchev–Trinajstić information content (AvgIpc) is 3.29. The summed E-state index contributed by atoms with van der Waals surface area (Å²) < 4.78 is 0. The fourth-order valence-electron chi connectivity index (χ4n) is 4.83. The highest BCUT2D eigenvalue weighted by Crippen LogP contribution is 2.36. The van der Waals surface area contributed by atoms with Gasteiger partial charge in [-0.15, -0.1) is 0 Å². The van der Waals surface area contributed by atoms with E-state index in [2.05, 4.69) is 27.0 Å². The summed E-state index contributed by atoms with van der Waals surface area (Å²) in [4.78, 5) is 27.3. The van der Waals surface area contributed by atoms with Gasteiger partial charge in [-0.3, -0.25) is 14.7 Å². The average molecular weight is 483 g/mol. The molecule has 1 atom stereocenters. The summed E-state index contributed by atoms with van der Waals surface area (Å²) in [5, 5.41) is 12.2. The zero-order valence-corrected chi connectivity index (χ0v) is 19.7. The molecule has 0 radical (unpaired) electrons. The lowest BCUT2D eigenvalue weighted by molar-refractivity contribution is 0.174. The molecule has 35 heavy (non-hydrogen) atoms. The minimum atomic E-state index is -0.330. The van der Waals surface area contributed by atoms with Gasteiger partial charge in [-0.2, -0.15) is 0 Å². The number of halogens is 1. The fraction of sp³-hybridized carbons (Fsp3) is 0.179. The van der Waals surface area contributed by atoms with Gasteiger partial charge in [-0.1, -0.05) is 48.0 Å². The molecule has 5 aromatic rings. The second-order valence-electron chi connectivity index (χ2n) is 9.02. The predicted octanol–water partition coefficient (Wildman–Crippen LogP) is 5.03. The second kappa shape index (κ2) is 8.89. The molecule has 1 aliphatic rings. The molecule has 0 aliphatic carbocycles. The van der Waals surface area contributed by atoms with Crippen LogP contribution in [0.1, 0.15) is 12.0 Å². The normalized spacial score (nSPS) is 16.3. The number of benzene rings is 2. The number of nitrogens with zero attached hydrogens (tertiary/aromatic N) is 3. The number of aromatic nitrogens is 3. The first-order chi connectivity index (χ1) is 17.0. The monoisotopic (exact) mass is 482 g/mol. The van der Waals surface area contributed by atoms with Crippen LogP contribution in [-0.2, 0) is 6.54 Å². The van der Waals surface area contributed by atoms with Crippen LogP contribution < -0.4 is 5.56 Å². The zero-order chi connectivity index (χ0) is 23.9. The van der Waals surface area contributed by atoms with Crippen molar-refractivity contribution >= 4 is 33.5 Å². The Morgan fingerprint density at radius 1 is 1.03 bits per heavy atom. The van der Waals surface area contributed by atoms with E-state index in [-0.39, 0.29) is 11.7 Å². The Bertz CT molecular complexity index is 1620. The summed E-state index contributed by atoms with van der Waals surface area (Å²) in [6.07, 6.45) is 2.14. The minimum absolute atomic E-state index is 0.155. The van der Waals surface area contributed by atoms with Crippen molar-refractivity contribution in [2.45, 2.75) is 19.1 Å². The van der Waals surface area contributed by atoms with Crippen molar-refractivity contribution in [1.29, 1.82) is 0 Å². The Morgan fingerprint density at radius 2 is 1.89 bits per heavy atom. The third kappa shape index (κ3) is 4.21. The van der Waals surface area contributed by atoms with E-state index < -0.39 is 0 Å². The summed E-state index contributed by atoms with van der Waals surface area (Å²) >= 11 is 6.63. The van der Waals surface area contributed by atoms with Gasteiger partial charge >= 0.3 is 0 Å². The molecule has 0 spiro atoms. The number of aliphatic hydroxyl groups excluding tert-OH is 1. The molecular formula is C28H23ClN4O2. The molecule has 0 amide bonds. The lowest BCUT2D eigenvalue weighted by Gasteiger charge is -2.16. The summed E-state index contributed by atoms with van der Waals surface area (Å²) in [6, 6.07) is 21.8. The molecule has 1 saturated heterocycles. The number of hydrogen-bond acceptors (Lipinski definition) is 5. The molecule has 1 fully saturated rings. The SMILES string of the molecule is O=c1[nH]c2nc(-c3ccccc3)c(-c3cc(Cl)c4ncccc4c3)cc2cc1CN1CCC(O)C1. The number of β-amino-alcohol motifs (C(OH)–C–C–N with tert-alkyl or cyclic N) is 1. The summed E-state index contributed by atoms with van der Waals surface area (Å²) in [7, 11) is 0. The van der Waals surface area contributed by atoms with E-state index in [1.807, 2.05) is 54.6 Å². The lowest BCUT2D eigenvalue weighted by atomic mass is 9.96. The molecule has 2 aromatic carbocycles. The van der Waals surface area contributed by atoms with Gasteiger partial charge in [0.2, 0.25) is 0 Å². The third-order valence-electron chi connectivity index (χ3n) is 6.56. The van der Waals surface area contributed by atoms with Crippen LogP contribution in [0.4, 0.5) is 0 Å². The number of aromatic amines is 1. The number of likely N-dealkylation sites (tertiary alicyclic amines) is 1. The van der Waals surface area contributed by atoms with Crippen LogP contribution >= 0.6 is 11.6 Å². The minimum Gasteiger partial charge on any atom is -0.392 e. The van der Waals surface area contributed by atoms with E-state index in [1.165, 1.54) is 0 Å². The van der Waals surface area contributed by atoms with Gasteiger partial charge in [0.25, 0.3) is 5.56 Å². The maximum Gasteiger partial charge on any atom is 0.254 e. The fourth-order valence-corrected chi connectivity index (χ4v) is 5.11. The molecule has 4 heterocycles. The van der Waals surface area contributed by atoms with Crippen LogP contribution in [0.3, 0.4) is 0 Å². The van der Waals surface area contributed by atoms with Gasteiger partial charge in [0, 0.05) is 53.3 Å². The van der Waals surface area contributed by atoms with E-state index in [0.29, 0.717) is 29.3 Å². The van der Waals surface area contributed by atoms with Crippen molar-refractivity contribution in [1.82, 2.24) is 19.9 Å². The second-order valence-corrected chi connectivity index (χ2v) is 9.43. The summed E-state index contributed by atoms with van der Waals surface area (Å²) in [5.74, 6) is 0. The maximum absolute atomic E-state index is 12.9. The van der Waals surface area contributed by atoms with Crippen LogP contribution in [-0.4, -0.2) is 44.2 Å². The number of fused-ring (bicyclic) bond motifs is 2. The van der Waals surface area contributed by atoms with Crippen molar-refractivity contribution in [2.75, 3.05) is 13.1 Å². The van der Waals surface area contributed by atoms with E-state index in [1.54, 1.807) is 6.20 Å². The quantitative estimate of drug-likeness (QED) is 0.375. The maximum atomic E-state index is 12.9. The summed E-state index contributed by atoms with van der Waals surface area (Å²) in [5.41, 5.74) is 5.37. The van der Waals surface area contributed by atoms with Crippen molar-refractivity contribution in [3.63, 3.8) is 0 Å². The molecule has 2 N–H and O–H groups in total. The highest BCUT2D eigenvalue weighted by Gasteiger charge is 2.21. The Kier molecular flexibility index (Phi) is 5.57. The highest BCUT2D eigenvalue weighted by molar-refractivity contribution is 6.35. The van der Waals surface area contributed by atoms with E-state index in [9.17, 15) is 9.90 Å². The number of pyridine rings is 3. The molecule has 1 unspecified atom stereocenters. The number of rotatable bonds is 4. The first kappa shape index (κ1) is 21.9. The standard InChI is InChI=1S/C28H23ClN4O2/c29-24-14-19(11-18-7-4-9-30-26(18)24)23-13-20-12-21(15-33-10-8-22(34)16-33)28(35)32-27(20)31-25(23)17-5-2-1-3-6-17/h1-7,9,11-14,22,34H,8,10,15-16H2,(H,31,32,35). The van der Waals surface area contributed by atoms with Gasteiger partial charge in [-0.05, 0) is 42.3 Å². The van der Waals surface area contributed by atoms with E-state index >= 15 is 0 Å². The van der Waals surface area contributed by atoms with Crippen LogP contribution in [0.5, 0.6) is 0 Å². The zero-order valence-electron chi connectivity index (χ0n) is 18.9. The Balaban J connectivity index is 1.55. The first-order valence-corrected chi connectivity index (χ1v) is 12.0. The summed E-state index contributed by atoms with van der Waals surface area (Å²) in [6.45, 7) is 1.85. The molecular weight excluding hydrogens is 460 g/mol. The Morgan fingerprint density at radius 3 is 2.69 bits per heavy atom. The van der Waals surface area contributed by atoms with Crippen LogP contribution in [0.25, 0.3) is 44.3 Å². The van der Waals surface area contributed by atoms with Crippen molar-refractivity contribution in [3.8, 4) is 22.4 Å². The molecule has 0 bridgehead atoms. The number of H-pyrrole nitrogens is 1. The van der Waals surface area contributed by atoms with Crippen LogP contribution in [0, 0.1) is 0 Å². The Labute approximate surface area is 206 Å². The van der Waals surface area contributed by atoms with Crippen molar-refractivity contribution in [3.05, 3.63) is 93.9 Å². The van der Waals surface area contributed by atoms with Gasteiger partial charge in [0.1, 0.15) is 5.65 Å². The van der Waals surface area contributed by atoms with Gasteiger partial charge in [0.05, 0.1) is 22.3 Å². The molecule has 0 saturated carbocycles. The van der Waals surface area contributed by atoms with Crippen LogP contribution in [0.15, 0.2) is 77.7 Å². The molecule has 174 valence electrons. The van der Waals surface area contributed by atoms with Gasteiger partial charge < -0.3 is 10.1 Å². The largest absolute Gasteiger partial charge is 0.392 e. The smallest absolute Gasteiger partial charge is 0.254 e. The first-order valence-electron chi connectivity index (χ1n) is 11.6. The van der Waals surface area contributed by atoms with Crippen molar-refractivity contribution < 1.29 is 5.11 Å². The highest BCUT2D eigenvalue weighted by atomic mass is 35.5. The van der Waals surface area contributed by atoms with E-state index in [0.717, 1.165) is 51.6 Å². The van der Waals surface area contributed by atoms with Crippen LogP contribution in [0.2, 0.25) is 5.02 Å². The number of hydrogen-bond donors (Lipinski definition) is 2. The Hall–Kier alpha value is -3.58. The topological polar surface area (TPSA) is 82.1 Å². The van der Waals surface area contributed by atoms with Gasteiger partial charge in [-0.25, -0.2) is 4.98 Å². The predicted molar refractivity (Wildman–Crippen MR) is 139 cm³/mol. The molecule has 3 aromatic heterocycles. The van der Waals surface area contributed by atoms with Crippen molar-refractivity contribution in [2.24, 2.45) is 0 Å². The molecule has 6 rings (SSSR count). The third-order valence-corrected chi connectivity index (χ3v) is 6.85. The molecule has 7 heteroatoms. The van der Waals surface area contributed by atoms with E-state index in [4.69, 9.17) is 16.6 Å². The lowest BCUT2D eigenvalue weighted by Crippen LogP contribution is -2.26. The molecule has 6 nitrogen and oxygen atoms in total. The van der Waals surface area contributed by atoms with Gasteiger partial charge in [0.15, 0.2) is 0 Å². The molecule has 1 aliphatic heterocycles. The number of nitrogens with one attached hydrogen (secondary N) is 1.